The summed E-state index contributed by atoms with van der Waals surface area (Å²) in [4.78, 5) is 24.5. The van der Waals surface area contributed by atoms with E-state index >= 15 is 8.78 Å². The predicted octanol–water partition coefficient (Wildman–Crippen LogP) is 2.89. The highest BCUT2D eigenvalue weighted by Gasteiger charge is 2.81. The van der Waals surface area contributed by atoms with Crippen molar-refractivity contribution >= 4 is 11.8 Å². The summed E-state index contributed by atoms with van der Waals surface area (Å²) in [5.41, 5.74) is -6.63. The summed E-state index contributed by atoms with van der Waals surface area (Å²) < 4.78 is 44.4. The molecule has 0 aromatic rings. The monoisotopic (exact) mass is 438 g/mol. The second kappa shape index (κ2) is 5.83. The molecule has 2 N–H and O–H groups in total. The first-order valence-corrected chi connectivity index (χ1v) is 10.8. The molecule has 5 aliphatic rings. The second-order valence-electron chi connectivity index (χ2n) is 10.7. The van der Waals surface area contributed by atoms with Crippen LogP contribution in [0.3, 0.4) is 0 Å². The molecule has 0 spiro atoms. The standard InChI is InChI=1S/C23H28F2O6/c1-19(2)30-17-9-12-13-8-15(24)14-7-11(26)5-6-20(14,3)22(13,25)16(27)10-21(12,4)23(17,31-19)18(28)29/h5-7,12-13,15-17,27H,8-10H2,1-4H3,(H,28,29)/t12-,13-,15-,16-,17?,20-,21-,22-,23-/m0/s1. The van der Waals surface area contributed by atoms with E-state index in [4.69, 9.17) is 9.47 Å². The average molecular weight is 438 g/mol. The van der Waals surface area contributed by atoms with Crippen LogP contribution in [-0.4, -0.2) is 57.4 Å². The van der Waals surface area contributed by atoms with Gasteiger partial charge in [0.05, 0.1) is 6.10 Å². The zero-order chi connectivity index (χ0) is 22.8. The normalized spacial score (nSPS) is 54.5. The van der Waals surface area contributed by atoms with E-state index in [1.165, 1.54) is 19.1 Å². The van der Waals surface area contributed by atoms with Crippen LogP contribution in [0, 0.1) is 22.7 Å². The molecular formula is C23H28F2O6. The van der Waals surface area contributed by atoms with E-state index in [9.17, 15) is 19.8 Å². The molecule has 0 aromatic carbocycles. The van der Waals surface area contributed by atoms with Crippen LogP contribution in [0.5, 0.6) is 0 Å². The van der Waals surface area contributed by atoms with Gasteiger partial charge in [0.2, 0.25) is 0 Å². The van der Waals surface area contributed by atoms with E-state index in [1.54, 1.807) is 20.8 Å². The Morgan fingerprint density at radius 2 is 1.87 bits per heavy atom. The predicted molar refractivity (Wildman–Crippen MR) is 104 cm³/mol. The molecule has 6 nitrogen and oxygen atoms in total. The van der Waals surface area contributed by atoms with Gasteiger partial charge in [-0.15, -0.1) is 0 Å². The lowest BCUT2D eigenvalue weighted by atomic mass is 9.44. The molecular weight excluding hydrogens is 410 g/mol. The van der Waals surface area contributed by atoms with Crippen LogP contribution >= 0.6 is 0 Å². The van der Waals surface area contributed by atoms with Crippen LogP contribution in [-0.2, 0) is 19.1 Å². The van der Waals surface area contributed by atoms with Crippen molar-refractivity contribution in [2.45, 2.75) is 82.4 Å². The van der Waals surface area contributed by atoms with Gasteiger partial charge in [-0.2, -0.15) is 0 Å². The number of rotatable bonds is 1. The molecule has 1 unspecified atom stereocenters. The molecule has 1 aliphatic heterocycles. The van der Waals surface area contributed by atoms with Crippen molar-refractivity contribution in [2.24, 2.45) is 22.7 Å². The van der Waals surface area contributed by atoms with E-state index in [-0.39, 0.29) is 24.8 Å². The number of aliphatic hydroxyl groups excluding tert-OH is 1. The summed E-state index contributed by atoms with van der Waals surface area (Å²) in [6, 6.07) is 0. The maximum Gasteiger partial charge on any atom is 0.339 e. The number of carboxylic acids is 1. The third-order valence-corrected chi connectivity index (χ3v) is 8.94. The number of carboxylic acid groups (broad SMARTS) is 1. The molecule has 170 valence electrons. The molecule has 8 heteroatoms. The lowest BCUT2D eigenvalue weighted by Gasteiger charge is -2.62. The highest BCUT2D eigenvalue weighted by atomic mass is 19.1. The Bertz CT molecular complexity index is 944. The van der Waals surface area contributed by atoms with Crippen molar-refractivity contribution in [2.75, 3.05) is 0 Å². The third-order valence-electron chi connectivity index (χ3n) is 8.94. The second-order valence-corrected chi connectivity index (χ2v) is 10.7. The van der Waals surface area contributed by atoms with E-state index in [0.717, 1.165) is 6.08 Å². The van der Waals surface area contributed by atoms with Crippen molar-refractivity contribution in [3.8, 4) is 0 Å². The molecule has 31 heavy (non-hydrogen) atoms. The van der Waals surface area contributed by atoms with E-state index < -0.39 is 69.9 Å². The van der Waals surface area contributed by atoms with Crippen molar-refractivity contribution in [3.05, 3.63) is 23.8 Å². The molecule has 4 aliphatic carbocycles. The first-order valence-electron chi connectivity index (χ1n) is 10.8. The Hall–Kier alpha value is -1.64. The van der Waals surface area contributed by atoms with Gasteiger partial charge in [0.15, 0.2) is 22.8 Å². The van der Waals surface area contributed by atoms with Gasteiger partial charge in [0, 0.05) is 16.7 Å². The lowest BCUT2D eigenvalue weighted by molar-refractivity contribution is -0.253. The van der Waals surface area contributed by atoms with Gasteiger partial charge in [-0.3, -0.25) is 4.79 Å². The number of halogens is 2. The van der Waals surface area contributed by atoms with Crippen LogP contribution in [0.1, 0.15) is 47.0 Å². The molecule has 1 heterocycles. The summed E-state index contributed by atoms with van der Waals surface area (Å²) >= 11 is 0. The zero-order valence-electron chi connectivity index (χ0n) is 18.0. The number of hydrogen-bond donors (Lipinski definition) is 2. The van der Waals surface area contributed by atoms with Gasteiger partial charge in [-0.25, -0.2) is 13.6 Å². The van der Waals surface area contributed by atoms with Crippen molar-refractivity contribution in [1.82, 2.24) is 0 Å². The van der Waals surface area contributed by atoms with Crippen LogP contribution in [0.4, 0.5) is 8.78 Å². The number of aliphatic carboxylic acids is 1. The van der Waals surface area contributed by atoms with Gasteiger partial charge >= 0.3 is 5.97 Å². The number of carbonyl (C=O) groups is 2. The van der Waals surface area contributed by atoms with Crippen molar-refractivity contribution in [3.63, 3.8) is 0 Å². The summed E-state index contributed by atoms with van der Waals surface area (Å²) in [6.45, 7) is 6.48. The molecule has 9 atom stereocenters. The fourth-order valence-electron chi connectivity index (χ4n) is 7.67. The van der Waals surface area contributed by atoms with Crippen LogP contribution in [0.15, 0.2) is 23.8 Å². The SMILES string of the molecule is CC1(C)OC2C[C@H]3[C@@H]4C[C@H](F)C5=CC(=O)C=C[C@]5(C)[C@@]4(F)[C@@H](O)C[C@]3(C)[C@]2(C(=O)O)O1. The van der Waals surface area contributed by atoms with Crippen LogP contribution in [0.25, 0.3) is 0 Å². The summed E-state index contributed by atoms with van der Waals surface area (Å²) in [6.07, 6.45) is -0.459. The topological polar surface area (TPSA) is 93.1 Å². The van der Waals surface area contributed by atoms with Crippen molar-refractivity contribution < 1.29 is 38.1 Å². The van der Waals surface area contributed by atoms with E-state index in [0.29, 0.717) is 0 Å². The molecule has 0 amide bonds. The first kappa shape index (κ1) is 21.2. The maximum absolute atomic E-state index is 17.0. The summed E-state index contributed by atoms with van der Waals surface area (Å²) in [5.74, 6) is -4.31. The van der Waals surface area contributed by atoms with Gasteiger partial charge in [-0.1, -0.05) is 13.0 Å². The minimum Gasteiger partial charge on any atom is -0.479 e. The number of carbonyl (C=O) groups excluding carboxylic acids is 1. The van der Waals surface area contributed by atoms with E-state index in [2.05, 4.69) is 0 Å². The Kier molecular flexibility index (Phi) is 3.99. The molecule has 0 radical (unpaired) electrons. The number of allylic oxidation sites excluding steroid dienone is 4. The van der Waals surface area contributed by atoms with Gasteiger partial charge in [-0.05, 0) is 63.7 Å². The highest BCUT2D eigenvalue weighted by Crippen LogP contribution is 2.72. The fourth-order valence-corrected chi connectivity index (χ4v) is 7.67. The number of ketones is 1. The van der Waals surface area contributed by atoms with E-state index in [1.807, 2.05) is 0 Å². The number of aliphatic hydroxyl groups is 1. The summed E-state index contributed by atoms with van der Waals surface area (Å²) in [5, 5.41) is 21.5. The molecule has 1 saturated heterocycles. The third kappa shape index (κ3) is 2.21. The number of fused-ring (bicyclic) bond motifs is 7. The first-order chi connectivity index (χ1) is 14.2. The molecule has 3 saturated carbocycles. The maximum atomic E-state index is 17.0. The van der Waals surface area contributed by atoms with Crippen LogP contribution < -0.4 is 0 Å². The quantitative estimate of drug-likeness (QED) is 0.654. The minimum atomic E-state index is -2.25. The van der Waals surface area contributed by atoms with Gasteiger partial charge in [0.25, 0.3) is 0 Å². The lowest BCUT2D eigenvalue weighted by Crippen LogP contribution is -2.70. The smallest absolute Gasteiger partial charge is 0.339 e. The van der Waals surface area contributed by atoms with Crippen LogP contribution in [0.2, 0.25) is 0 Å². The number of ether oxygens (including phenoxy) is 2. The number of alkyl halides is 2. The Morgan fingerprint density at radius 1 is 1.19 bits per heavy atom. The molecule has 0 bridgehead atoms. The van der Waals surface area contributed by atoms with Gasteiger partial charge < -0.3 is 19.7 Å². The average Bonchev–Trinajstić information content (AvgIpc) is 3.06. The minimum absolute atomic E-state index is 0.0428. The van der Waals surface area contributed by atoms with Gasteiger partial charge in [0.1, 0.15) is 12.3 Å². The largest absolute Gasteiger partial charge is 0.479 e. The zero-order valence-corrected chi connectivity index (χ0v) is 18.0. The highest BCUT2D eigenvalue weighted by molar-refractivity contribution is 6.01. The fraction of sp³-hybridized carbons (Fsp3) is 0.739. The Labute approximate surface area is 179 Å². The molecule has 0 aromatic heterocycles. The molecule has 5 rings (SSSR count). The Balaban J connectivity index is 1.66. The number of hydrogen-bond acceptors (Lipinski definition) is 5. The Morgan fingerprint density at radius 3 is 2.52 bits per heavy atom. The summed E-state index contributed by atoms with van der Waals surface area (Å²) in [7, 11) is 0. The van der Waals surface area contributed by atoms with Crippen molar-refractivity contribution in [1.29, 1.82) is 0 Å². The molecule has 4 fully saturated rings.